The van der Waals surface area contributed by atoms with E-state index in [1.54, 1.807) is 12.1 Å². The smallest absolute Gasteiger partial charge is 0.434 e. The molecule has 0 bridgehead atoms. The van der Waals surface area contributed by atoms with Gasteiger partial charge >= 0.3 is 13.3 Å². The molecule has 0 radical (unpaired) electrons. The number of carbonyl (C=O) groups excluding carboxylic acids is 2. The number of aryl methyl sites for hydroxylation is 4. The molecule has 0 spiro atoms. The van der Waals surface area contributed by atoms with Gasteiger partial charge in [0.15, 0.2) is 0 Å². The molecule has 3 rings (SSSR count). The third kappa shape index (κ3) is 4.23. The fraction of sp³-hybridized carbons (Fsp3) is 0.462. The summed E-state index contributed by atoms with van der Waals surface area (Å²) in [5.74, 6) is 0.452. The Morgan fingerprint density at radius 2 is 1.25 bits per heavy atom. The fourth-order valence-electron chi connectivity index (χ4n) is 4.97. The Labute approximate surface area is 191 Å². The summed E-state index contributed by atoms with van der Waals surface area (Å²) in [6.45, 7) is 7.58. The van der Waals surface area contributed by atoms with E-state index in [1.807, 2.05) is 39.8 Å². The molecule has 2 aromatic rings. The van der Waals surface area contributed by atoms with Crippen molar-refractivity contribution in [1.82, 2.24) is 0 Å². The normalized spacial score (nSPS) is 15.8. The van der Waals surface area contributed by atoms with Crippen LogP contribution in [0.25, 0.3) is 0 Å². The van der Waals surface area contributed by atoms with Gasteiger partial charge in [0.2, 0.25) is 10.9 Å². The van der Waals surface area contributed by atoms with Crippen molar-refractivity contribution in [2.75, 3.05) is 14.2 Å². The first-order valence-corrected chi connectivity index (χ1v) is 12.3. The van der Waals surface area contributed by atoms with Crippen molar-refractivity contribution in [3.63, 3.8) is 0 Å². The van der Waals surface area contributed by atoms with Crippen molar-refractivity contribution < 1.29 is 23.6 Å². The maximum Gasteiger partial charge on any atom is 0.434 e. The number of ketones is 1. The number of ether oxygens (including phenoxy) is 2. The summed E-state index contributed by atoms with van der Waals surface area (Å²) < 4.78 is 25.0. The van der Waals surface area contributed by atoms with Crippen LogP contribution in [0.4, 0.5) is 0 Å². The highest BCUT2D eigenvalue weighted by molar-refractivity contribution is 7.67. The zero-order valence-electron chi connectivity index (χ0n) is 19.8. The third-order valence-electron chi connectivity index (χ3n) is 6.44. The molecule has 1 fully saturated rings. The molecule has 5 nitrogen and oxygen atoms in total. The van der Waals surface area contributed by atoms with Crippen LogP contribution in [0, 0.1) is 27.7 Å². The van der Waals surface area contributed by atoms with Gasteiger partial charge in [0.1, 0.15) is 17.1 Å². The molecule has 2 aromatic carbocycles. The second-order valence-corrected chi connectivity index (χ2v) is 10.7. The van der Waals surface area contributed by atoms with Crippen LogP contribution in [-0.2, 0) is 4.57 Å². The van der Waals surface area contributed by atoms with E-state index >= 15 is 0 Å². The molecule has 32 heavy (non-hydrogen) atoms. The van der Waals surface area contributed by atoms with Gasteiger partial charge in [-0.25, -0.2) is 4.79 Å². The SMILES string of the molecule is COc1cc(C)cc(OC)c1C(=O)C1([P+](=O)C(=O)c2c(C)cc(C)cc2C)CCCCC1. The minimum Gasteiger partial charge on any atom is -0.496 e. The van der Waals surface area contributed by atoms with Crippen LogP contribution in [0.2, 0.25) is 0 Å². The van der Waals surface area contributed by atoms with Crippen LogP contribution in [0.3, 0.4) is 0 Å². The van der Waals surface area contributed by atoms with Gasteiger partial charge in [0, 0.05) is 12.8 Å². The zero-order chi connectivity index (χ0) is 23.6. The van der Waals surface area contributed by atoms with E-state index in [2.05, 4.69) is 0 Å². The molecule has 6 heteroatoms. The first-order valence-electron chi connectivity index (χ1n) is 11.0. The average Bonchev–Trinajstić information content (AvgIpc) is 2.76. The first kappa shape index (κ1) is 24.1. The Bertz CT molecular complexity index is 1030. The van der Waals surface area contributed by atoms with Crippen LogP contribution >= 0.6 is 7.80 Å². The van der Waals surface area contributed by atoms with Crippen molar-refractivity contribution >= 4 is 19.1 Å². The fourth-order valence-corrected chi connectivity index (χ4v) is 6.93. The number of hydrogen-bond donors (Lipinski definition) is 0. The second-order valence-electron chi connectivity index (χ2n) is 8.84. The van der Waals surface area contributed by atoms with Crippen molar-refractivity contribution in [3.8, 4) is 11.5 Å². The first-order chi connectivity index (χ1) is 15.2. The topological polar surface area (TPSA) is 69.7 Å². The lowest BCUT2D eigenvalue weighted by Gasteiger charge is -2.27. The van der Waals surface area contributed by atoms with Crippen LogP contribution in [0.1, 0.15) is 75.1 Å². The number of methoxy groups -OCH3 is 2. The minimum atomic E-state index is -2.52. The van der Waals surface area contributed by atoms with Crippen LogP contribution in [0.15, 0.2) is 24.3 Å². The Balaban J connectivity index is 2.16. The summed E-state index contributed by atoms with van der Waals surface area (Å²) in [7, 11) is 0.488. The number of rotatable bonds is 7. The molecule has 1 aliphatic carbocycles. The second kappa shape index (κ2) is 9.54. The van der Waals surface area contributed by atoms with Gasteiger partial charge < -0.3 is 9.47 Å². The van der Waals surface area contributed by atoms with Gasteiger partial charge in [0.05, 0.1) is 19.8 Å². The molecule has 0 aliphatic heterocycles. The number of hydrogen-bond acceptors (Lipinski definition) is 5. The number of carbonyl (C=O) groups is 2. The van der Waals surface area contributed by atoms with Gasteiger partial charge in [-0.3, -0.25) is 4.79 Å². The van der Waals surface area contributed by atoms with Crippen molar-refractivity contribution in [1.29, 1.82) is 0 Å². The van der Waals surface area contributed by atoms with Crippen molar-refractivity contribution in [3.05, 3.63) is 57.6 Å². The summed E-state index contributed by atoms with van der Waals surface area (Å²) in [6, 6.07) is 7.39. The molecule has 1 unspecified atom stereocenters. The van der Waals surface area contributed by atoms with Crippen LogP contribution in [0.5, 0.6) is 11.5 Å². The predicted octanol–water partition coefficient (Wildman–Crippen LogP) is 6.49. The van der Waals surface area contributed by atoms with Gasteiger partial charge in [-0.2, -0.15) is 0 Å². The van der Waals surface area contributed by atoms with Gasteiger partial charge in [-0.15, -0.1) is 0 Å². The molecule has 1 aliphatic rings. The predicted molar refractivity (Wildman–Crippen MR) is 127 cm³/mol. The minimum absolute atomic E-state index is 0.274. The lowest BCUT2D eigenvalue weighted by Crippen LogP contribution is -2.39. The van der Waals surface area contributed by atoms with E-state index in [4.69, 9.17) is 9.47 Å². The Hall–Kier alpha value is -2.52. The maximum absolute atomic E-state index is 14.1. The summed E-state index contributed by atoms with van der Waals surface area (Å²) in [5, 5.41) is -1.26. The molecule has 0 heterocycles. The molecule has 0 N–H and O–H groups in total. The highest BCUT2D eigenvalue weighted by Crippen LogP contribution is 2.54. The maximum atomic E-state index is 14.1. The molecule has 170 valence electrons. The highest BCUT2D eigenvalue weighted by atomic mass is 31.1. The van der Waals surface area contributed by atoms with Crippen molar-refractivity contribution in [2.45, 2.75) is 65.0 Å². The van der Waals surface area contributed by atoms with Crippen molar-refractivity contribution in [2.24, 2.45) is 0 Å². The Morgan fingerprint density at radius 1 is 0.781 bits per heavy atom. The number of Topliss-reactive ketones (excluding diaryl/α,β-unsaturated/α-hetero) is 1. The standard InChI is InChI=1S/C26H32O5P/c1-16-12-18(3)22(19(4)13-16)25(28)32(29)26(10-8-7-9-11-26)24(27)23-20(30-5)14-17(2)15-21(23)31-6/h12-15H,7-11H2,1-6H3/q+1. The van der Waals surface area contributed by atoms with Crippen LogP contribution < -0.4 is 9.47 Å². The van der Waals surface area contributed by atoms with E-state index in [0.29, 0.717) is 29.9 Å². The molecule has 0 amide bonds. The van der Waals surface area contributed by atoms with Gasteiger partial charge in [-0.05, 0) is 69.4 Å². The summed E-state index contributed by atoms with van der Waals surface area (Å²) >= 11 is 0. The van der Waals surface area contributed by atoms with Gasteiger partial charge in [-0.1, -0.05) is 28.7 Å². The highest BCUT2D eigenvalue weighted by Gasteiger charge is 2.61. The summed E-state index contributed by atoms with van der Waals surface area (Å²) in [4.78, 5) is 27.7. The molecule has 1 atom stereocenters. The molecular formula is C26H32O5P+. The molecule has 1 saturated carbocycles. The zero-order valence-corrected chi connectivity index (χ0v) is 20.7. The van der Waals surface area contributed by atoms with Crippen LogP contribution in [-0.4, -0.2) is 30.7 Å². The summed E-state index contributed by atoms with van der Waals surface area (Å²) in [6.07, 6.45) is 3.29. The third-order valence-corrected chi connectivity index (χ3v) is 8.47. The number of benzene rings is 2. The van der Waals surface area contributed by atoms with E-state index in [-0.39, 0.29) is 11.3 Å². The van der Waals surface area contributed by atoms with E-state index in [9.17, 15) is 14.2 Å². The van der Waals surface area contributed by atoms with E-state index in [1.165, 1.54) is 14.2 Å². The average molecular weight is 456 g/mol. The Morgan fingerprint density at radius 3 is 1.72 bits per heavy atom. The lowest BCUT2D eigenvalue weighted by atomic mass is 9.82. The largest absolute Gasteiger partial charge is 0.496 e. The molecule has 0 aromatic heterocycles. The summed E-state index contributed by atoms with van der Waals surface area (Å²) in [5.41, 5.74) is 3.83. The monoisotopic (exact) mass is 455 g/mol. The molecular weight excluding hydrogens is 423 g/mol. The Kier molecular flexibility index (Phi) is 7.19. The van der Waals surface area contributed by atoms with Gasteiger partial charge in [0.25, 0.3) is 0 Å². The molecule has 0 saturated heterocycles. The quantitative estimate of drug-likeness (QED) is 0.352. The lowest BCUT2D eigenvalue weighted by molar-refractivity contribution is 0.0897. The van der Waals surface area contributed by atoms with E-state index < -0.39 is 18.5 Å². The van der Waals surface area contributed by atoms with E-state index in [0.717, 1.165) is 41.5 Å².